The Kier molecular flexibility index (Phi) is 7.44. The van der Waals surface area contributed by atoms with Crippen molar-refractivity contribution < 1.29 is 14.6 Å². The molecule has 1 heterocycles. The predicted molar refractivity (Wildman–Crippen MR) is 121 cm³/mol. The van der Waals surface area contributed by atoms with Crippen LogP contribution in [0.15, 0.2) is 53.3 Å². The van der Waals surface area contributed by atoms with Crippen LogP contribution in [0.1, 0.15) is 18.2 Å². The van der Waals surface area contributed by atoms with Crippen molar-refractivity contribution >= 4 is 23.2 Å². The first kappa shape index (κ1) is 22.5. The van der Waals surface area contributed by atoms with Gasteiger partial charge in [0.05, 0.1) is 12.3 Å². The lowest BCUT2D eigenvalue weighted by Crippen LogP contribution is -2.33. The lowest BCUT2D eigenvalue weighted by atomic mass is 10.1. The van der Waals surface area contributed by atoms with E-state index < -0.39 is 5.91 Å². The van der Waals surface area contributed by atoms with Crippen LogP contribution >= 0.6 is 11.6 Å². The van der Waals surface area contributed by atoms with Crippen molar-refractivity contribution in [1.82, 2.24) is 9.55 Å². The molecule has 0 aliphatic carbocycles. The SMILES string of the molecule is CCOc1ccccc1NC(=O)Cn1c(-c2ccc(Cl)cc2)nc(C)c(CCO)c1=O. The van der Waals surface area contributed by atoms with E-state index in [1.807, 2.05) is 13.0 Å². The first-order chi connectivity index (χ1) is 14.9. The summed E-state index contributed by atoms with van der Waals surface area (Å²) >= 11 is 5.99. The summed E-state index contributed by atoms with van der Waals surface area (Å²) in [5.41, 5.74) is 1.71. The number of nitrogens with zero attached hydrogens (tertiary/aromatic N) is 2. The van der Waals surface area contributed by atoms with Crippen molar-refractivity contribution in [3.05, 3.63) is 75.2 Å². The molecule has 7 nitrogen and oxygen atoms in total. The van der Waals surface area contributed by atoms with Gasteiger partial charge in [-0.05, 0) is 50.2 Å². The molecule has 1 aromatic heterocycles. The summed E-state index contributed by atoms with van der Waals surface area (Å²) in [6, 6.07) is 14.0. The lowest BCUT2D eigenvalue weighted by molar-refractivity contribution is -0.116. The molecule has 0 unspecified atom stereocenters. The number of aromatic nitrogens is 2. The number of para-hydroxylation sites is 2. The molecule has 0 aliphatic heterocycles. The Bertz CT molecular complexity index is 1130. The number of carbonyl (C=O) groups is 1. The Labute approximate surface area is 185 Å². The number of aryl methyl sites for hydroxylation is 1. The lowest BCUT2D eigenvalue weighted by Gasteiger charge is -2.16. The van der Waals surface area contributed by atoms with Crippen molar-refractivity contribution in [3.63, 3.8) is 0 Å². The van der Waals surface area contributed by atoms with Crippen LogP contribution in [0.25, 0.3) is 11.4 Å². The van der Waals surface area contributed by atoms with E-state index in [0.29, 0.717) is 45.7 Å². The highest BCUT2D eigenvalue weighted by Crippen LogP contribution is 2.24. The second kappa shape index (κ2) is 10.2. The second-order valence-electron chi connectivity index (χ2n) is 6.85. The van der Waals surface area contributed by atoms with E-state index in [4.69, 9.17) is 16.3 Å². The fraction of sp³-hybridized carbons (Fsp3) is 0.261. The Morgan fingerprint density at radius 3 is 2.58 bits per heavy atom. The van der Waals surface area contributed by atoms with Crippen LogP contribution in [-0.4, -0.2) is 33.8 Å². The first-order valence-corrected chi connectivity index (χ1v) is 10.3. The number of nitrogens with one attached hydrogen (secondary N) is 1. The summed E-state index contributed by atoms with van der Waals surface area (Å²) in [4.78, 5) is 30.6. The normalized spacial score (nSPS) is 10.7. The largest absolute Gasteiger partial charge is 0.492 e. The number of hydrogen-bond acceptors (Lipinski definition) is 5. The number of anilines is 1. The van der Waals surface area contributed by atoms with Crippen LogP contribution in [-0.2, 0) is 17.8 Å². The topological polar surface area (TPSA) is 93.4 Å². The molecule has 2 N–H and O–H groups in total. The Morgan fingerprint density at radius 2 is 1.90 bits per heavy atom. The molecule has 0 saturated heterocycles. The van der Waals surface area contributed by atoms with Crippen molar-refractivity contribution in [2.75, 3.05) is 18.5 Å². The third-order valence-electron chi connectivity index (χ3n) is 4.70. The van der Waals surface area contributed by atoms with E-state index in [1.54, 1.807) is 49.4 Å². The Hall–Kier alpha value is -3.16. The van der Waals surface area contributed by atoms with E-state index in [0.717, 1.165) is 0 Å². The molecule has 2 aromatic carbocycles. The standard InChI is InChI=1S/C23H24ClN3O4/c1-3-31-20-7-5-4-6-19(20)26-21(29)14-27-22(16-8-10-17(24)11-9-16)25-15(2)18(12-13-28)23(27)30/h4-11,28H,3,12-14H2,1-2H3,(H,26,29). The maximum atomic E-state index is 13.2. The zero-order chi connectivity index (χ0) is 22.4. The van der Waals surface area contributed by atoms with E-state index in [2.05, 4.69) is 10.3 Å². The molecule has 0 bridgehead atoms. The highest BCUT2D eigenvalue weighted by molar-refractivity contribution is 6.30. The quantitative estimate of drug-likeness (QED) is 0.558. The van der Waals surface area contributed by atoms with Crippen LogP contribution in [0.2, 0.25) is 5.02 Å². The molecule has 0 saturated carbocycles. The van der Waals surface area contributed by atoms with Crippen molar-refractivity contribution in [2.45, 2.75) is 26.8 Å². The minimum atomic E-state index is -0.398. The van der Waals surface area contributed by atoms with Crippen molar-refractivity contribution in [3.8, 4) is 17.1 Å². The number of aliphatic hydroxyl groups is 1. The fourth-order valence-corrected chi connectivity index (χ4v) is 3.38. The zero-order valence-electron chi connectivity index (χ0n) is 17.4. The van der Waals surface area contributed by atoms with Gasteiger partial charge >= 0.3 is 0 Å². The van der Waals surface area contributed by atoms with Gasteiger partial charge < -0.3 is 15.2 Å². The smallest absolute Gasteiger partial charge is 0.257 e. The number of carbonyl (C=O) groups excluding carboxylic acids is 1. The molecule has 1 amide bonds. The molecule has 0 atom stereocenters. The average Bonchev–Trinajstić information content (AvgIpc) is 2.75. The number of halogens is 1. The van der Waals surface area contributed by atoms with Gasteiger partial charge in [-0.2, -0.15) is 0 Å². The third-order valence-corrected chi connectivity index (χ3v) is 4.95. The van der Waals surface area contributed by atoms with Crippen LogP contribution in [0.4, 0.5) is 5.69 Å². The Balaban J connectivity index is 2.00. The van der Waals surface area contributed by atoms with Gasteiger partial charge in [0.25, 0.3) is 5.56 Å². The van der Waals surface area contributed by atoms with Crippen LogP contribution < -0.4 is 15.6 Å². The minimum absolute atomic E-state index is 0.160. The predicted octanol–water partition coefficient (Wildman–Crippen LogP) is 3.44. The molecule has 0 aliphatic rings. The molecule has 8 heteroatoms. The molecule has 0 radical (unpaired) electrons. The van der Waals surface area contributed by atoms with E-state index >= 15 is 0 Å². The van der Waals surface area contributed by atoms with Crippen molar-refractivity contribution in [1.29, 1.82) is 0 Å². The number of rotatable bonds is 8. The highest BCUT2D eigenvalue weighted by atomic mass is 35.5. The van der Waals surface area contributed by atoms with Crippen LogP contribution in [0, 0.1) is 6.92 Å². The maximum Gasteiger partial charge on any atom is 0.257 e. The number of aliphatic hydroxyl groups excluding tert-OH is 1. The summed E-state index contributed by atoms with van der Waals surface area (Å²) < 4.78 is 6.87. The van der Waals surface area contributed by atoms with Gasteiger partial charge in [0.1, 0.15) is 18.1 Å². The summed E-state index contributed by atoms with van der Waals surface area (Å²) in [6.07, 6.45) is 0.160. The van der Waals surface area contributed by atoms with E-state index in [1.165, 1.54) is 4.57 Å². The van der Waals surface area contributed by atoms with Gasteiger partial charge in [0.2, 0.25) is 5.91 Å². The average molecular weight is 442 g/mol. The van der Waals surface area contributed by atoms with Crippen LogP contribution in [0.3, 0.4) is 0 Å². The number of ether oxygens (including phenoxy) is 1. The number of benzene rings is 2. The molecule has 3 rings (SSSR count). The zero-order valence-corrected chi connectivity index (χ0v) is 18.1. The van der Waals surface area contributed by atoms with Gasteiger partial charge in [-0.15, -0.1) is 0 Å². The molecule has 0 spiro atoms. The van der Waals surface area contributed by atoms with Gasteiger partial charge in [0, 0.05) is 34.9 Å². The van der Waals surface area contributed by atoms with E-state index in [-0.39, 0.29) is 25.1 Å². The highest BCUT2D eigenvalue weighted by Gasteiger charge is 2.18. The maximum absolute atomic E-state index is 13.2. The third kappa shape index (κ3) is 5.31. The summed E-state index contributed by atoms with van der Waals surface area (Å²) in [5.74, 6) is 0.505. The summed E-state index contributed by atoms with van der Waals surface area (Å²) in [5, 5.41) is 12.7. The molecular weight excluding hydrogens is 418 g/mol. The second-order valence-corrected chi connectivity index (χ2v) is 7.28. The van der Waals surface area contributed by atoms with E-state index in [9.17, 15) is 14.7 Å². The van der Waals surface area contributed by atoms with Gasteiger partial charge in [-0.1, -0.05) is 23.7 Å². The number of hydrogen-bond donors (Lipinski definition) is 2. The minimum Gasteiger partial charge on any atom is -0.492 e. The number of amides is 1. The van der Waals surface area contributed by atoms with Gasteiger partial charge in [-0.3, -0.25) is 14.2 Å². The van der Waals surface area contributed by atoms with Gasteiger partial charge in [0.15, 0.2) is 0 Å². The van der Waals surface area contributed by atoms with Gasteiger partial charge in [-0.25, -0.2) is 4.98 Å². The molecule has 162 valence electrons. The summed E-state index contributed by atoms with van der Waals surface area (Å²) in [7, 11) is 0. The molecule has 3 aromatic rings. The van der Waals surface area contributed by atoms with Crippen molar-refractivity contribution in [2.24, 2.45) is 0 Å². The first-order valence-electron chi connectivity index (χ1n) is 9.93. The molecule has 31 heavy (non-hydrogen) atoms. The summed E-state index contributed by atoms with van der Waals surface area (Å²) in [6.45, 7) is 3.60. The van der Waals surface area contributed by atoms with Crippen LogP contribution in [0.5, 0.6) is 5.75 Å². The molecule has 0 fully saturated rings. The molecular formula is C23H24ClN3O4. The Morgan fingerprint density at radius 1 is 1.19 bits per heavy atom. The fourth-order valence-electron chi connectivity index (χ4n) is 3.25. The monoisotopic (exact) mass is 441 g/mol.